The summed E-state index contributed by atoms with van der Waals surface area (Å²) >= 11 is 0. The van der Waals surface area contributed by atoms with Crippen molar-refractivity contribution in [3.63, 3.8) is 0 Å². The minimum Gasteiger partial charge on any atom is -0.469 e. The summed E-state index contributed by atoms with van der Waals surface area (Å²) in [7, 11) is 2.58. The van der Waals surface area contributed by atoms with Crippen LogP contribution in [0.1, 0.15) is 35.2 Å². The average molecular weight is 334 g/mol. The van der Waals surface area contributed by atoms with E-state index >= 15 is 0 Å². The number of carbonyl (C=O) groups is 3. The second-order valence-electron chi connectivity index (χ2n) is 5.57. The maximum Gasteiger partial charge on any atom is 0.328 e. The van der Waals surface area contributed by atoms with Crippen LogP contribution in [0, 0.1) is 0 Å². The van der Waals surface area contributed by atoms with Crippen molar-refractivity contribution in [1.29, 1.82) is 0 Å². The van der Waals surface area contributed by atoms with Crippen LogP contribution < -0.4 is 10.6 Å². The van der Waals surface area contributed by atoms with Crippen LogP contribution in [0.4, 0.5) is 5.69 Å². The molecule has 24 heavy (non-hydrogen) atoms. The van der Waals surface area contributed by atoms with Gasteiger partial charge in [-0.2, -0.15) is 0 Å². The molecule has 0 fully saturated rings. The third kappa shape index (κ3) is 4.47. The van der Waals surface area contributed by atoms with Crippen LogP contribution in [0.25, 0.3) is 0 Å². The molecule has 7 nitrogen and oxygen atoms in total. The SMILES string of the molecule is COC(=O)CCCC(NC(=O)c1ccc2c(c1)CCN2)C(=O)OC. The minimum atomic E-state index is -0.793. The van der Waals surface area contributed by atoms with Crippen molar-refractivity contribution in [3.8, 4) is 0 Å². The lowest BCUT2D eigenvalue weighted by atomic mass is 10.1. The van der Waals surface area contributed by atoms with E-state index in [-0.39, 0.29) is 18.3 Å². The Hall–Kier alpha value is -2.57. The summed E-state index contributed by atoms with van der Waals surface area (Å²) in [5.74, 6) is -1.22. The van der Waals surface area contributed by atoms with E-state index in [2.05, 4.69) is 15.4 Å². The van der Waals surface area contributed by atoms with E-state index in [0.29, 0.717) is 18.4 Å². The van der Waals surface area contributed by atoms with Gasteiger partial charge in [-0.15, -0.1) is 0 Å². The van der Waals surface area contributed by atoms with Gasteiger partial charge >= 0.3 is 11.9 Å². The van der Waals surface area contributed by atoms with Gasteiger partial charge in [0.1, 0.15) is 6.04 Å². The molecule has 0 saturated carbocycles. The zero-order chi connectivity index (χ0) is 17.5. The predicted molar refractivity (Wildman–Crippen MR) is 87.8 cm³/mol. The molecule has 0 saturated heterocycles. The van der Waals surface area contributed by atoms with Gasteiger partial charge in [-0.1, -0.05) is 0 Å². The van der Waals surface area contributed by atoms with Gasteiger partial charge < -0.3 is 20.1 Å². The smallest absolute Gasteiger partial charge is 0.328 e. The van der Waals surface area contributed by atoms with Crippen LogP contribution in [-0.2, 0) is 25.5 Å². The van der Waals surface area contributed by atoms with E-state index in [9.17, 15) is 14.4 Å². The first-order valence-electron chi connectivity index (χ1n) is 7.87. The van der Waals surface area contributed by atoms with E-state index < -0.39 is 12.0 Å². The summed E-state index contributed by atoms with van der Waals surface area (Å²) < 4.78 is 9.29. The minimum absolute atomic E-state index is 0.185. The van der Waals surface area contributed by atoms with Crippen LogP contribution in [0.15, 0.2) is 18.2 Å². The summed E-state index contributed by atoms with van der Waals surface area (Å²) in [6, 6.07) is 4.61. The van der Waals surface area contributed by atoms with Crippen molar-refractivity contribution in [2.45, 2.75) is 31.7 Å². The molecule has 1 aliphatic rings. The van der Waals surface area contributed by atoms with Crippen molar-refractivity contribution in [1.82, 2.24) is 5.32 Å². The molecule has 0 radical (unpaired) electrons. The molecule has 1 atom stereocenters. The third-order valence-electron chi connectivity index (χ3n) is 3.97. The van der Waals surface area contributed by atoms with E-state index in [4.69, 9.17) is 4.74 Å². The largest absolute Gasteiger partial charge is 0.469 e. The molecule has 130 valence electrons. The normalized spacial score (nSPS) is 13.4. The van der Waals surface area contributed by atoms with Gasteiger partial charge in [-0.05, 0) is 43.0 Å². The summed E-state index contributed by atoms with van der Waals surface area (Å²) in [5.41, 5.74) is 2.62. The molecule has 2 rings (SSSR count). The summed E-state index contributed by atoms with van der Waals surface area (Å²) in [4.78, 5) is 35.4. The van der Waals surface area contributed by atoms with Gasteiger partial charge in [-0.25, -0.2) is 4.79 Å². The van der Waals surface area contributed by atoms with Crippen molar-refractivity contribution < 1.29 is 23.9 Å². The summed E-state index contributed by atoms with van der Waals surface area (Å²) in [6.07, 6.45) is 1.78. The number of methoxy groups -OCH3 is 2. The fourth-order valence-electron chi connectivity index (χ4n) is 2.63. The van der Waals surface area contributed by atoms with E-state index in [1.165, 1.54) is 14.2 Å². The van der Waals surface area contributed by atoms with Crippen molar-refractivity contribution >= 4 is 23.5 Å². The van der Waals surface area contributed by atoms with Gasteiger partial charge in [0.15, 0.2) is 0 Å². The number of amides is 1. The molecule has 1 unspecified atom stereocenters. The fourth-order valence-corrected chi connectivity index (χ4v) is 2.63. The second-order valence-corrected chi connectivity index (χ2v) is 5.57. The molecular weight excluding hydrogens is 312 g/mol. The Morgan fingerprint density at radius 3 is 2.75 bits per heavy atom. The highest BCUT2D eigenvalue weighted by Crippen LogP contribution is 2.23. The topological polar surface area (TPSA) is 93.7 Å². The van der Waals surface area contributed by atoms with Crippen molar-refractivity contribution in [2.75, 3.05) is 26.1 Å². The lowest BCUT2D eigenvalue weighted by molar-refractivity contribution is -0.144. The highest BCUT2D eigenvalue weighted by atomic mass is 16.5. The lowest BCUT2D eigenvalue weighted by Crippen LogP contribution is -2.41. The van der Waals surface area contributed by atoms with Crippen LogP contribution in [-0.4, -0.2) is 44.7 Å². The number of fused-ring (bicyclic) bond motifs is 1. The van der Waals surface area contributed by atoms with Crippen LogP contribution >= 0.6 is 0 Å². The Kier molecular flexibility index (Phi) is 6.17. The Balaban J connectivity index is 1.98. The summed E-state index contributed by atoms with van der Waals surface area (Å²) in [6.45, 7) is 0.860. The number of hydrogen-bond acceptors (Lipinski definition) is 6. The number of rotatable bonds is 7. The zero-order valence-corrected chi connectivity index (χ0v) is 13.9. The number of benzene rings is 1. The van der Waals surface area contributed by atoms with Crippen LogP contribution in [0.5, 0.6) is 0 Å². The van der Waals surface area contributed by atoms with Crippen LogP contribution in [0.3, 0.4) is 0 Å². The van der Waals surface area contributed by atoms with E-state index in [1.54, 1.807) is 6.07 Å². The molecule has 1 aliphatic heterocycles. The fraction of sp³-hybridized carbons (Fsp3) is 0.471. The van der Waals surface area contributed by atoms with Gasteiger partial charge in [-0.3, -0.25) is 9.59 Å². The molecule has 1 amide bonds. The first-order chi connectivity index (χ1) is 11.5. The highest BCUT2D eigenvalue weighted by Gasteiger charge is 2.23. The molecule has 0 bridgehead atoms. The Bertz CT molecular complexity index is 629. The van der Waals surface area contributed by atoms with Crippen molar-refractivity contribution in [2.24, 2.45) is 0 Å². The maximum absolute atomic E-state index is 12.4. The second kappa shape index (κ2) is 8.33. The first kappa shape index (κ1) is 17.8. The molecule has 7 heteroatoms. The first-order valence-corrected chi connectivity index (χ1v) is 7.87. The molecule has 1 heterocycles. The number of ether oxygens (including phenoxy) is 2. The van der Waals surface area contributed by atoms with Gasteiger partial charge in [0.05, 0.1) is 14.2 Å². The molecule has 0 spiro atoms. The maximum atomic E-state index is 12.4. The summed E-state index contributed by atoms with van der Waals surface area (Å²) in [5, 5.41) is 5.91. The van der Waals surface area contributed by atoms with Crippen molar-refractivity contribution in [3.05, 3.63) is 29.3 Å². The lowest BCUT2D eigenvalue weighted by Gasteiger charge is -2.16. The molecule has 2 N–H and O–H groups in total. The van der Waals surface area contributed by atoms with Crippen LogP contribution in [0.2, 0.25) is 0 Å². The van der Waals surface area contributed by atoms with Gasteiger partial charge in [0.2, 0.25) is 0 Å². The average Bonchev–Trinajstić information content (AvgIpc) is 3.07. The highest BCUT2D eigenvalue weighted by molar-refractivity contribution is 5.97. The Morgan fingerprint density at radius 1 is 1.25 bits per heavy atom. The predicted octanol–water partition coefficient (Wildman–Crippen LogP) is 1.27. The van der Waals surface area contributed by atoms with E-state index in [1.807, 2.05) is 12.1 Å². The molecular formula is C17H22N2O5. The quantitative estimate of drug-likeness (QED) is 0.729. The Labute approximate surface area is 140 Å². The number of esters is 2. The number of anilines is 1. The molecule has 0 aromatic heterocycles. The molecule has 1 aromatic rings. The number of nitrogens with one attached hydrogen (secondary N) is 2. The van der Waals surface area contributed by atoms with E-state index in [0.717, 1.165) is 24.2 Å². The number of carbonyl (C=O) groups excluding carboxylic acids is 3. The zero-order valence-electron chi connectivity index (χ0n) is 13.9. The van der Waals surface area contributed by atoms with Gasteiger partial charge in [0, 0.05) is 24.2 Å². The molecule has 1 aromatic carbocycles. The monoisotopic (exact) mass is 334 g/mol. The standard InChI is InChI=1S/C17H22N2O5/c1-23-15(20)5-3-4-14(17(22)24-2)19-16(21)12-6-7-13-11(10-12)8-9-18-13/h6-7,10,14,18H,3-5,8-9H2,1-2H3,(H,19,21). The third-order valence-corrected chi connectivity index (χ3v) is 3.97. The number of hydrogen-bond donors (Lipinski definition) is 2. The van der Waals surface area contributed by atoms with Gasteiger partial charge in [0.25, 0.3) is 5.91 Å². The Morgan fingerprint density at radius 2 is 2.04 bits per heavy atom. The molecule has 0 aliphatic carbocycles.